The van der Waals surface area contributed by atoms with Crippen LogP contribution in [0.3, 0.4) is 0 Å². The number of rotatable bonds is 4. The van der Waals surface area contributed by atoms with Gasteiger partial charge in [0, 0.05) is 49.2 Å². The number of nitrogens with one attached hydrogen (secondary N) is 1. The Balaban J connectivity index is 1.55. The molecule has 1 N–H and O–H groups in total. The second-order valence-corrected chi connectivity index (χ2v) is 8.44. The van der Waals surface area contributed by atoms with Gasteiger partial charge in [-0.05, 0) is 57.1 Å². The summed E-state index contributed by atoms with van der Waals surface area (Å²) in [6.45, 7) is 5.55. The fraction of sp³-hybridized carbons (Fsp3) is 0.391. The monoisotopic (exact) mass is 418 g/mol. The molecule has 0 unspecified atom stereocenters. The minimum Gasteiger partial charge on any atom is -0.349 e. The molecule has 31 heavy (non-hydrogen) atoms. The second-order valence-electron chi connectivity index (χ2n) is 8.44. The number of piperazine rings is 1. The number of aromatic nitrogens is 3. The van der Waals surface area contributed by atoms with E-state index in [0.29, 0.717) is 28.9 Å². The van der Waals surface area contributed by atoms with Crippen molar-refractivity contribution in [2.45, 2.75) is 25.8 Å². The summed E-state index contributed by atoms with van der Waals surface area (Å²) < 4.78 is 1.60. The van der Waals surface area contributed by atoms with Crippen molar-refractivity contribution in [1.82, 2.24) is 24.8 Å². The fourth-order valence-electron chi connectivity index (χ4n) is 3.91. The molecule has 8 nitrogen and oxygen atoms in total. The van der Waals surface area contributed by atoms with Gasteiger partial charge in [-0.25, -0.2) is 4.98 Å². The molecule has 8 heteroatoms. The Morgan fingerprint density at radius 3 is 2.39 bits per heavy atom. The van der Waals surface area contributed by atoms with Gasteiger partial charge in [0.1, 0.15) is 0 Å². The summed E-state index contributed by atoms with van der Waals surface area (Å²) >= 11 is 0. The lowest BCUT2D eigenvalue weighted by Gasteiger charge is -2.32. The molecule has 1 aliphatic heterocycles. The van der Waals surface area contributed by atoms with Gasteiger partial charge < -0.3 is 15.1 Å². The zero-order valence-electron chi connectivity index (χ0n) is 17.8. The normalized spacial score (nSPS) is 17.2. The van der Waals surface area contributed by atoms with Gasteiger partial charge in [0.2, 0.25) is 5.95 Å². The lowest BCUT2D eigenvalue weighted by molar-refractivity contribution is 0.0951. The largest absolute Gasteiger partial charge is 0.349 e. The molecule has 1 saturated heterocycles. The molecule has 160 valence electrons. The van der Waals surface area contributed by atoms with E-state index in [-0.39, 0.29) is 11.5 Å². The van der Waals surface area contributed by atoms with Crippen LogP contribution in [0, 0.1) is 6.92 Å². The molecule has 0 bridgehead atoms. The highest BCUT2D eigenvalue weighted by Crippen LogP contribution is 2.22. The molecule has 3 heterocycles. The molecule has 1 saturated carbocycles. The molecule has 2 fully saturated rings. The minimum atomic E-state index is -0.162. The van der Waals surface area contributed by atoms with Gasteiger partial charge in [0.15, 0.2) is 5.65 Å². The first-order chi connectivity index (χ1) is 15.0. The third kappa shape index (κ3) is 3.90. The number of aryl methyl sites for hydroxylation is 1. The highest BCUT2D eigenvalue weighted by molar-refractivity contribution is 5.94. The summed E-state index contributed by atoms with van der Waals surface area (Å²) in [5.41, 5.74) is 2.54. The van der Waals surface area contributed by atoms with E-state index in [0.717, 1.165) is 50.1 Å². The SMILES string of the molecule is Cc1nc(N2CCN(C)CC2)nc2c1ccc(=O)n2-c1ccc(C(=O)NC2CC2)cc1. The molecule has 2 aliphatic rings. The van der Waals surface area contributed by atoms with E-state index in [1.165, 1.54) is 0 Å². The van der Waals surface area contributed by atoms with E-state index in [4.69, 9.17) is 9.97 Å². The number of amides is 1. The second kappa shape index (κ2) is 7.77. The predicted molar refractivity (Wildman–Crippen MR) is 120 cm³/mol. The maximum absolute atomic E-state index is 12.9. The first-order valence-electron chi connectivity index (χ1n) is 10.7. The summed E-state index contributed by atoms with van der Waals surface area (Å²) in [4.78, 5) is 39.1. The molecule has 0 spiro atoms. The van der Waals surface area contributed by atoms with E-state index in [9.17, 15) is 9.59 Å². The fourth-order valence-corrected chi connectivity index (χ4v) is 3.91. The Morgan fingerprint density at radius 1 is 1.00 bits per heavy atom. The quantitative estimate of drug-likeness (QED) is 0.695. The van der Waals surface area contributed by atoms with Crippen LogP contribution in [0.4, 0.5) is 5.95 Å². The van der Waals surface area contributed by atoms with Gasteiger partial charge in [-0.1, -0.05) is 0 Å². The Bertz CT molecular complexity index is 1190. The first-order valence-corrected chi connectivity index (χ1v) is 10.7. The van der Waals surface area contributed by atoms with Crippen LogP contribution in [-0.4, -0.2) is 64.6 Å². The van der Waals surface area contributed by atoms with Crippen LogP contribution in [0.2, 0.25) is 0 Å². The van der Waals surface area contributed by atoms with Gasteiger partial charge in [0.25, 0.3) is 11.5 Å². The van der Waals surface area contributed by atoms with Crippen LogP contribution < -0.4 is 15.8 Å². The average Bonchev–Trinajstić information content (AvgIpc) is 3.58. The minimum absolute atomic E-state index is 0.0742. The summed E-state index contributed by atoms with van der Waals surface area (Å²) in [5.74, 6) is 0.577. The van der Waals surface area contributed by atoms with Crippen LogP contribution in [-0.2, 0) is 0 Å². The Kier molecular flexibility index (Phi) is 4.94. The highest BCUT2D eigenvalue weighted by Gasteiger charge is 2.24. The number of nitrogens with zero attached hydrogens (tertiary/aromatic N) is 5. The number of carbonyl (C=O) groups excluding carboxylic acids is 1. The van der Waals surface area contributed by atoms with E-state index in [2.05, 4.69) is 22.2 Å². The molecule has 1 aliphatic carbocycles. The highest BCUT2D eigenvalue weighted by atomic mass is 16.1. The van der Waals surface area contributed by atoms with Crippen LogP contribution in [0.1, 0.15) is 28.9 Å². The van der Waals surface area contributed by atoms with Crippen LogP contribution in [0.15, 0.2) is 41.2 Å². The van der Waals surface area contributed by atoms with Crippen LogP contribution in [0.25, 0.3) is 16.7 Å². The molecule has 0 radical (unpaired) electrons. The van der Waals surface area contributed by atoms with E-state index in [1.807, 2.05) is 6.92 Å². The van der Waals surface area contributed by atoms with Crippen LogP contribution in [0.5, 0.6) is 0 Å². The molecule has 1 aromatic carbocycles. The number of carbonyl (C=O) groups is 1. The zero-order chi connectivity index (χ0) is 21.5. The van der Waals surface area contributed by atoms with Gasteiger partial charge >= 0.3 is 0 Å². The van der Waals surface area contributed by atoms with Crippen molar-refractivity contribution in [3.05, 3.63) is 58.0 Å². The van der Waals surface area contributed by atoms with E-state index >= 15 is 0 Å². The van der Waals surface area contributed by atoms with Gasteiger partial charge in [-0.2, -0.15) is 4.98 Å². The van der Waals surface area contributed by atoms with Gasteiger partial charge in [-0.15, -0.1) is 0 Å². The topological polar surface area (TPSA) is 83.4 Å². The number of benzene rings is 1. The van der Waals surface area contributed by atoms with Crippen molar-refractivity contribution < 1.29 is 4.79 Å². The summed E-state index contributed by atoms with van der Waals surface area (Å²) in [5, 5.41) is 3.83. The number of pyridine rings is 1. The lowest BCUT2D eigenvalue weighted by Crippen LogP contribution is -2.45. The third-order valence-corrected chi connectivity index (χ3v) is 6.02. The molecule has 0 atom stereocenters. The predicted octanol–water partition coefficient (Wildman–Crippen LogP) is 1.73. The van der Waals surface area contributed by atoms with Crippen molar-refractivity contribution in [2.75, 3.05) is 38.1 Å². The maximum Gasteiger partial charge on any atom is 0.256 e. The third-order valence-electron chi connectivity index (χ3n) is 6.02. The smallest absolute Gasteiger partial charge is 0.256 e. The number of anilines is 1. The van der Waals surface area contributed by atoms with E-state index in [1.54, 1.807) is 41.0 Å². The molecule has 2 aromatic heterocycles. The molecule has 1 amide bonds. The molecule has 3 aromatic rings. The number of likely N-dealkylation sites (N-methyl/N-ethyl adjacent to an activating group) is 1. The molecular weight excluding hydrogens is 392 g/mol. The molecular formula is C23H26N6O2. The zero-order valence-corrected chi connectivity index (χ0v) is 17.8. The summed E-state index contributed by atoms with van der Waals surface area (Å²) in [6, 6.07) is 10.8. The summed E-state index contributed by atoms with van der Waals surface area (Å²) in [7, 11) is 2.11. The summed E-state index contributed by atoms with van der Waals surface area (Å²) in [6.07, 6.45) is 2.09. The average molecular weight is 419 g/mol. The number of hydrogen-bond acceptors (Lipinski definition) is 6. The Morgan fingerprint density at radius 2 is 1.71 bits per heavy atom. The van der Waals surface area contributed by atoms with Crippen molar-refractivity contribution in [1.29, 1.82) is 0 Å². The maximum atomic E-state index is 12.9. The van der Waals surface area contributed by atoms with Gasteiger partial charge in [-0.3, -0.25) is 14.2 Å². The standard InChI is InChI=1S/C23H26N6O2/c1-15-19-9-10-20(30)29(18-7-3-16(4-8-18)22(31)25-17-5-6-17)21(19)26-23(24-15)28-13-11-27(2)12-14-28/h3-4,7-10,17H,5-6,11-14H2,1-2H3,(H,25,31). The first kappa shape index (κ1) is 19.7. The van der Waals surface area contributed by atoms with Crippen molar-refractivity contribution in [3.63, 3.8) is 0 Å². The van der Waals surface area contributed by atoms with Crippen molar-refractivity contribution >= 4 is 22.9 Å². The van der Waals surface area contributed by atoms with Gasteiger partial charge in [0.05, 0.1) is 11.4 Å². The Hall–Kier alpha value is -3.26. The lowest BCUT2D eigenvalue weighted by atomic mass is 10.1. The number of fused-ring (bicyclic) bond motifs is 1. The molecule has 5 rings (SSSR count). The van der Waals surface area contributed by atoms with Crippen LogP contribution >= 0.6 is 0 Å². The van der Waals surface area contributed by atoms with Crippen molar-refractivity contribution in [2.24, 2.45) is 0 Å². The number of hydrogen-bond donors (Lipinski definition) is 1. The van der Waals surface area contributed by atoms with Crippen molar-refractivity contribution in [3.8, 4) is 5.69 Å². The van der Waals surface area contributed by atoms with E-state index < -0.39 is 0 Å². The Labute approximate surface area is 180 Å².